The van der Waals surface area contributed by atoms with E-state index in [1.165, 1.54) is 0 Å². The van der Waals surface area contributed by atoms with Crippen molar-refractivity contribution in [3.63, 3.8) is 0 Å². The first-order chi connectivity index (χ1) is 28.3. The minimum absolute atomic E-state index is 0.502. The van der Waals surface area contributed by atoms with Crippen molar-refractivity contribution in [2.45, 2.75) is 50.9 Å². The quantitative estimate of drug-likeness (QED) is 0.189. The first-order valence-electron chi connectivity index (χ1n) is 16.0. The van der Waals surface area contributed by atoms with Crippen molar-refractivity contribution in [1.82, 2.24) is 0 Å². The van der Waals surface area contributed by atoms with Gasteiger partial charge in [-0.25, -0.2) is 0 Å². The molecule has 0 N–H and O–H groups in total. The molecule has 4 rings (SSSR count). The summed E-state index contributed by atoms with van der Waals surface area (Å²) in [6, 6.07) is 1.85. The lowest BCUT2D eigenvalue weighted by atomic mass is 9.91. The fourth-order valence-corrected chi connectivity index (χ4v) is 5.79. The van der Waals surface area contributed by atoms with Crippen molar-refractivity contribution < 1.29 is 79.0 Å². The van der Waals surface area contributed by atoms with E-state index in [1.54, 1.807) is 0 Å². The van der Waals surface area contributed by atoms with Gasteiger partial charge in [-0.05, 0) is 36.4 Å². The van der Waals surface area contributed by atoms with E-state index in [1.807, 2.05) is 13.8 Å². The molecule has 0 unspecified atom stereocenters. The number of rotatable bonds is 3. The topological polar surface area (TPSA) is 143 Å². The molecule has 1 aliphatic rings. The Kier molecular flexibility index (Phi) is 13.1. The Labute approximate surface area is 334 Å². The van der Waals surface area contributed by atoms with E-state index in [9.17, 15) is 111 Å². The highest BCUT2D eigenvalue weighted by Gasteiger charge is 2.49. The van der Waals surface area contributed by atoms with Crippen molar-refractivity contribution in [3.05, 3.63) is 120 Å². The Morgan fingerprint density at radius 3 is 0.629 bits per heavy atom. The Hall–Kier alpha value is -7.44. The smallest absolute Gasteiger partial charge is 0.192 e. The first kappa shape index (κ1) is 48.9. The predicted molar refractivity (Wildman–Crippen MR) is 172 cm³/mol. The maximum atomic E-state index is 14.4. The fourth-order valence-electron chi connectivity index (χ4n) is 5.79. The van der Waals surface area contributed by atoms with Gasteiger partial charge in [0.15, 0.2) is 0 Å². The van der Waals surface area contributed by atoms with Crippen LogP contribution in [-0.2, 0) is 37.1 Å². The zero-order valence-electron chi connectivity index (χ0n) is 30.0. The van der Waals surface area contributed by atoms with Crippen LogP contribution in [0.25, 0.3) is 16.7 Å². The van der Waals surface area contributed by atoms with E-state index >= 15 is 0 Å². The number of nitrogens with zero attached hydrogens (tertiary/aromatic N) is 6. The number of hydrogen-bond donors (Lipinski definition) is 0. The minimum Gasteiger partial charge on any atom is -0.192 e. The third kappa shape index (κ3) is 9.30. The lowest BCUT2D eigenvalue weighted by Gasteiger charge is -2.17. The molecule has 62 heavy (non-hydrogen) atoms. The highest BCUT2D eigenvalue weighted by molar-refractivity contribution is 6.13. The van der Waals surface area contributed by atoms with Crippen molar-refractivity contribution in [1.29, 1.82) is 31.6 Å². The summed E-state index contributed by atoms with van der Waals surface area (Å²) in [6.45, 7) is 4.00. The molecule has 0 spiro atoms. The van der Waals surface area contributed by atoms with E-state index in [0.29, 0.717) is 0 Å². The second-order valence-corrected chi connectivity index (χ2v) is 11.7. The summed E-state index contributed by atoms with van der Waals surface area (Å²) in [6.07, 6.45) is -35.1. The van der Waals surface area contributed by atoms with Gasteiger partial charge in [-0.2, -0.15) is 111 Å². The van der Waals surface area contributed by atoms with Crippen LogP contribution in [0.5, 0.6) is 0 Å². The minimum atomic E-state index is -5.91. The van der Waals surface area contributed by atoms with Gasteiger partial charge in [0.05, 0.1) is 85.0 Å². The summed E-state index contributed by atoms with van der Waals surface area (Å²) in [5.41, 5.74) is -36.0. The van der Waals surface area contributed by atoms with Gasteiger partial charge in [0.2, 0.25) is 0 Å². The highest BCUT2D eigenvalue weighted by Crippen LogP contribution is 2.59. The van der Waals surface area contributed by atoms with E-state index in [-0.39, 0.29) is 0 Å². The summed E-state index contributed by atoms with van der Waals surface area (Å²) < 4.78 is 256. The highest BCUT2D eigenvalue weighted by atomic mass is 19.4. The third-order valence-electron chi connectivity index (χ3n) is 8.25. The Bertz CT molecular complexity index is 2420. The first-order valence-corrected chi connectivity index (χ1v) is 16.0. The van der Waals surface area contributed by atoms with Crippen LogP contribution >= 0.6 is 0 Å². The van der Waals surface area contributed by atoms with Gasteiger partial charge in [-0.15, -0.1) is 0 Å². The monoisotopic (exact) mass is 894 g/mol. The van der Waals surface area contributed by atoms with Crippen LogP contribution in [0.15, 0.2) is 53.1 Å². The molecular formula is C38H12F18N6. The zero-order chi connectivity index (χ0) is 47.9. The second-order valence-electron chi connectivity index (χ2n) is 11.7. The molecule has 0 bridgehead atoms. The van der Waals surface area contributed by atoms with E-state index in [0.717, 1.165) is 36.4 Å². The van der Waals surface area contributed by atoms with Crippen molar-refractivity contribution >= 4 is 16.7 Å². The van der Waals surface area contributed by atoms with Gasteiger partial charge in [0.25, 0.3) is 0 Å². The molecule has 1 fully saturated rings. The molecule has 3 aromatic rings. The van der Waals surface area contributed by atoms with Crippen molar-refractivity contribution in [3.8, 4) is 36.4 Å². The van der Waals surface area contributed by atoms with Gasteiger partial charge < -0.3 is 0 Å². The van der Waals surface area contributed by atoms with Gasteiger partial charge >= 0.3 is 37.1 Å². The van der Waals surface area contributed by atoms with Gasteiger partial charge in [0, 0.05) is 33.4 Å². The molecule has 1 saturated carbocycles. The lowest BCUT2D eigenvalue weighted by Crippen LogP contribution is -2.15. The number of halogens is 18. The number of alkyl halides is 18. The molecule has 0 saturated heterocycles. The molecular weight excluding hydrogens is 882 g/mol. The largest absolute Gasteiger partial charge is 0.417 e. The van der Waals surface area contributed by atoms with Crippen LogP contribution in [0, 0.1) is 68.0 Å². The molecule has 0 radical (unpaired) electrons. The average Bonchev–Trinajstić information content (AvgIpc) is 3.86. The zero-order valence-corrected chi connectivity index (χ0v) is 30.0. The SMILES string of the molecule is CC.N#CC(=C1C(=C(C#N)c2cc(C(F)(F)F)c(C#N)cc2C(F)(F)F)C1=C(C#N)c1cc(C(F)(F)F)c(C#N)cc1C(F)(F)F)c1cc(C(F)(F)F)c(C#N)cc1C(F)(F)F. The van der Waals surface area contributed by atoms with E-state index in [4.69, 9.17) is 0 Å². The molecule has 1 aliphatic carbocycles. The maximum absolute atomic E-state index is 14.4. The molecule has 3 aromatic carbocycles. The maximum Gasteiger partial charge on any atom is 0.417 e. The molecule has 0 heterocycles. The summed E-state index contributed by atoms with van der Waals surface area (Å²) in [7, 11) is 0. The predicted octanol–water partition coefficient (Wildman–Crippen LogP) is 12.7. The molecule has 0 amide bonds. The number of hydrogen-bond acceptors (Lipinski definition) is 6. The standard InChI is InChI=1S/C36H6F18N6.C2H6/c37-31(38,39)22-4-16(25(34(46,47)48)1-13(22)7-55)19(10-58)28-29(20(11-59)17-5-23(32(40,41)42)14(8-56)2-26(17)35(49,50)51)30(28)21(12-60)18-6-24(33(43,44)45)15(9-57)3-27(18)36(52,53)54;1-2/h1-6H;1-2H3. The van der Waals surface area contributed by atoms with Gasteiger partial charge in [-0.3, -0.25) is 0 Å². The van der Waals surface area contributed by atoms with Crippen LogP contribution < -0.4 is 0 Å². The van der Waals surface area contributed by atoms with Crippen LogP contribution in [0.4, 0.5) is 79.0 Å². The summed E-state index contributed by atoms with van der Waals surface area (Å²) in [4.78, 5) is 0. The van der Waals surface area contributed by atoms with Gasteiger partial charge in [-0.1, -0.05) is 13.8 Å². The van der Waals surface area contributed by atoms with E-state index < -0.39 is 174 Å². The van der Waals surface area contributed by atoms with Crippen LogP contribution in [0.1, 0.15) is 80.6 Å². The molecule has 0 atom stereocenters. The van der Waals surface area contributed by atoms with Crippen LogP contribution in [0.2, 0.25) is 0 Å². The average molecular weight is 895 g/mol. The molecule has 320 valence electrons. The fraction of sp³-hybridized carbons (Fsp3) is 0.211. The summed E-state index contributed by atoms with van der Waals surface area (Å²) in [5.74, 6) is 0. The Morgan fingerprint density at radius 2 is 0.500 bits per heavy atom. The molecule has 6 nitrogen and oxygen atoms in total. The summed E-state index contributed by atoms with van der Waals surface area (Å²) >= 11 is 0. The number of nitriles is 6. The molecule has 24 heteroatoms. The lowest BCUT2D eigenvalue weighted by molar-refractivity contribution is -0.141. The number of benzene rings is 3. The second kappa shape index (κ2) is 16.5. The Balaban J connectivity index is 0.00000504. The third-order valence-corrected chi connectivity index (χ3v) is 8.25. The van der Waals surface area contributed by atoms with Crippen molar-refractivity contribution in [2.75, 3.05) is 0 Å². The van der Waals surface area contributed by atoms with Crippen LogP contribution in [-0.4, -0.2) is 0 Å². The summed E-state index contributed by atoms with van der Waals surface area (Å²) in [5, 5.41) is 57.9. The van der Waals surface area contributed by atoms with Gasteiger partial charge in [0.1, 0.15) is 18.2 Å². The molecule has 0 aromatic heterocycles. The van der Waals surface area contributed by atoms with E-state index in [2.05, 4.69) is 0 Å². The van der Waals surface area contributed by atoms with Crippen LogP contribution in [0.3, 0.4) is 0 Å². The number of allylic oxidation sites excluding steroid dienone is 6. The normalized spacial score (nSPS) is 13.0. The van der Waals surface area contributed by atoms with Crippen molar-refractivity contribution in [2.24, 2.45) is 0 Å². The Morgan fingerprint density at radius 1 is 0.323 bits per heavy atom. The molecule has 0 aliphatic heterocycles.